The van der Waals surface area contributed by atoms with Gasteiger partial charge < -0.3 is 35.4 Å². The van der Waals surface area contributed by atoms with Crippen molar-refractivity contribution >= 4 is 22.3 Å². The van der Waals surface area contributed by atoms with Crippen molar-refractivity contribution in [2.24, 2.45) is 17.1 Å². The average Bonchev–Trinajstić information content (AvgIpc) is 3.99. The van der Waals surface area contributed by atoms with E-state index in [-0.39, 0.29) is 63.1 Å². The Morgan fingerprint density at radius 1 is 1.13 bits per heavy atom. The molecule has 5 fully saturated rings. The summed E-state index contributed by atoms with van der Waals surface area (Å²) in [5.74, 6) is -3.79. The van der Waals surface area contributed by atoms with Crippen molar-refractivity contribution in [2.75, 3.05) is 44.4 Å². The van der Waals surface area contributed by atoms with Crippen LogP contribution in [0.4, 0.5) is 28.1 Å². The van der Waals surface area contributed by atoms with Gasteiger partial charge in [0.05, 0.1) is 24.1 Å². The number of aliphatic hydroxyl groups is 3. The van der Waals surface area contributed by atoms with Crippen LogP contribution in [0.3, 0.4) is 0 Å². The molecule has 5 unspecified atom stereocenters. The zero-order valence-corrected chi connectivity index (χ0v) is 28.0. The molecule has 3 saturated heterocycles. The van der Waals surface area contributed by atoms with E-state index in [1.165, 1.54) is 12.3 Å². The van der Waals surface area contributed by atoms with Gasteiger partial charge in [0.15, 0.2) is 23.6 Å². The summed E-state index contributed by atoms with van der Waals surface area (Å²) in [7, 11) is 0. The van der Waals surface area contributed by atoms with E-state index in [0.29, 0.717) is 25.6 Å². The van der Waals surface area contributed by atoms with E-state index in [0.717, 1.165) is 50.8 Å². The first kappa shape index (κ1) is 35.4. The molecule has 0 aromatic carbocycles. The summed E-state index contributed by atoms with van der Waals surface area (Å²) in [6, 6.07) is -0.947. The molecule has 2 aromatic rings. The van der Waals surface area contributed by atoms with Gasteiger partial charge in [-0.3, -0.25) is 19.3 Å². The Kier molecular flexibility index (Phi) is 8.33. The molecule has 4 aliphatic carbocycles. The fourth-order valence-corrected chi connectivity index (χ4v) is 9.30. The van der Waals surface area contributed by atoms with Gasteiger partial charge in [-0.2, -0.15) is 9.97 Å². The minimum absolute atomic E-state index is 0. The van der Waals surface area contributed by atoms with Gasteiger partial charge in [0.25, 0.3) is 0 Å². The molecule has 7 aliphatic rings. The lowest BCUT2D eigenvalue weighted by atomic mass is 9.78. The summed E-state index contributed by atoms with van der Waals surface area (Å²) in [5.41, 5.74) is 5.29. The van der Waals surface area contributed by atoms with Crippen molar-refractivity contribution in [3.63, 3.8) is 0 Å². The second-order valence-electron chi connectivity index (χ2n) is 15.1. The lowest BCUT2D eigenvalue weighted by Crippen LogP contribution is -2.49. The molecule has 0 amide bonds. The highest BCUT2D eigenvalue weighted by Gasteiger charge is 2.67. The smallest absolute Gasteiger partial charge is 0.405 e. The summed E-state index contributed by atoms with van der Waals surface area (Å²) < 4.78 is 79.3. The number of alkyl halides is 1. The lowest BCUT2D eigenvalue weighted by molar-refractivity contribution is -0.464. The van der Waals surface area contributed by atoms with Gasteiger partial charge in [-0.15, -0.1) is 0 Å². The van der Waals surface area contributed by atoms with Crippen LogP contribution in [0.1, 0.15) is 44.2 Å². The molecule has 17 heteroatoms. The van der Waals surface area contributed by atoms with Crippen LogP contribution in [0.15, 0.2) is 47.2 Å². The van der Waals surface area contributed by atoms with E-state index >= 15 is 13.2 Å². The van der Waals surface area contributed by atoms with Crippen LogP contribution >= 0.6 is 0 Å². The summed E-state index contributed by atoms with van der Waals surface area (Å²) in [5, 5.41) is 29.0. The van der Waals surface area contributed by atoms with Crippen LogP contribution in [0.5, 0.6) is 6.01 Å². The Morgan fingerprint density at radius 2 is 1.92 bits per heavy atom. The summed E-state index contributed by atoms with van der Waals surface area (Å²) in [6.45, 7) is 7.78. The first-order valence-electron chi connectivity index (χ1n) is 17.3. The first-order valence-corrected chi connectivity index (χ1v) is 17.3. The highest BCUT2D eigenvalue weighted by atomic mass is 19.2. The van der Waals surface area contributed by atoms with Crippen LogP contribution in [-0.4, -0.2) is 111 Å². The van der Waals surface area contributed by atoms with Crippen LogP contribution in [0.25, 0.3) is 16.5 Å². The van der Waals surface area contributed by atoms with Crippen molar-refractivity contribution in [3.8, 4) is 6.01 Å². The maximum Gasteiger partial charge on any atom is 0.405 e. The van der Waals surface area contributed by atoms with E-state index in [2.05, 4.69) is 31.1 Å². The Bertz CT molecular complexity index is 1950. The second kappa shape index (κ2) is 12.2. The van der Waals surface area contributed by atoms with E-state index < -0.39 is 58.8 Å². The summed E-state index contributed by atoms with van der Waals surface area (Å²) >= 11 is 0. The second-order valence-corrected chi connectivity index (χ2v) is 15.1. The number of nitrogens with two attached hydrogens (primary N) is 1. The van der Waals surface area contributed by atoms with Crippen molar-refractivity contribution < 1.29 is 51.8 Å². The fourth-order valence-electron chi connectivity index (χ4n) is 9.30. The van der Waals surface area contributed by atoms with Gasteiger partial charge in [0.1, 0.15) is 29.7 Å². The molecule has 280 valence electrons. The van der Waals surface area contributed by atoms with Crippen LogP contribution in [0, 0.1) is 17.2 Å². The molecule has 2 saturated carbocycles. The van der Waals surface area contributed by atoms with Gasteiger partial charge in [0, 0.05) is 42.9 Å². The van der Waals surface area contributed by atoms with Gasteiger partial charge in [-0.05, 0) is 61.6 Å². The van der Waals surface area contributed by atoms with Crippen LogP contribution in [-0.2, 0) is 9.47 Å². The molecule has 5 N–H and O–H groups in total. The number of hydrogen-bond acceptors (Lipinski definition) is 12. The number of halogens is 5. The van der Waals surface area contributed by atoms with Crippen LogP contribution < -0.4 is 15.4 Å². The molecule has 1 spiro atoms. The van der Waals surface area contributed by atoms with E-state index in [1.54, 1.807) is 0 Å². The minimum Gasteiger partial charge on any atom is -0.461 e. The molecular weight excluding hydrogens is 695 g/mol. The van der Waals surface area contributed by atoms with Gasteiger partial charge >= 0.3 is 12.2 Å². The molecule has 0 radical (unpaired) electrons. The Morgan fingerprint density at radius 3 is 2.67 bits per heavy atom. The Hall–Kier alpha value is -3.58. The van der Waals surface area contributed by atoms with Crippen molar-refractivity contribution in [3.05, 3.63) is 58.7 Å². The lowest BCUT2D eigenvalue weighted by Gasteiger charge is -2.37. The fraction of sp³-hybridized carbons (Fsp3) is 0.571. The predicted octanol–water partition coefficient (Wildman–Crippen LogP) is 2.99. The average molecular weight is 735 g/mol. The molecule has 5 heterocycles. The monoisotopic (exact) mass is 734 g/mol. The molecule has 52 heavy (non-hydrogen) atoms. The number of hydrogen-bond donors (Lipinski definition) is 4. The van der Waals surface area contributed by atoms with E-state index in [9.17, 15) is 19.7 Å². The molecular formula is C35H39F5N6O6. The normalized spacial score (nSPS) is 32.4. The molecule has 2 aromatic heterocycles. The summed E-state index contributed by atoms with van der Waals surface area (Å²) in [6.07, 6.45) is -1.99. The molecule has 12 nitrogen and oxygen atoms in total. The summed E-state index contributed by atoms with van der Waals surface area (Å²) in [4.78, 5) is 18.2. The third-order valence-electron chi connectivity index (χ3n) is 12.0. The van der Waals surface area contributed by atoms with Gasteiger partial charge in [-0.25, -0.2) is 17.6 Å². The number of pyridine rings is 1. The predicted molar refractivity (Wildman–Crippen MR) is 176 cm³/mol. The number of allylic oxidation sites excluding steroid dienone is 1. The largest absolute Gasteiger partial charge is 0.461 e. The van der Waals surface area contributed by atoms with Crippen LogP contribution in [0.2, 0.25) is 0 Å². The maximum atomic E-state index is 17.1. The molecule has 0 bridgehead atoms. The highest BCUT2D eigenvalue weighted by Crippen LogP contribution is 2.66. The van der Waals surface area contributed by atoms with E-state index in [4.69, 9.17) is 20.2 Å². The maximum absolute atomic E-state index is 17.1. The van der Waals surface area contributed by atoms with E-state index in [1.807, 2.05) is 0 Å². The molecule has 9 rings (SSSR count). The highest BCUT2D eigenvalue weighted by molar-refractivity contribution is 5.94. The number of fused-ring (bicyclic) bond motifs is 4. The number of nitrogens with zero attached hydrogens (tertiary/aromatic N) is 5. The SMILES string of the molecule is C=C1CN2CCC3(CC3)[C@@]2(COc2nc(N3CCOCC4CC43)c3cnc(C4=CC(N)CC5=C4C(OC(O)(O)O)C(F)C(F)=C5F)c(F)c3n2)C1.F. The first-order chi connectivity index (χ1) is 24.3. The van der Waals surface area contributed by atoms with Crippen molar-refractivity contribution in [2.45, 2.75) is 74.6 Å². The zero-order chi connectivity index (χ0) is 35.6. The Labute approximate surface area is 294 Å². The Balaban J connectivity index is 0.00000387. The minimum atomic E-state index is -3.94. The number of anilines is 1. The van der Waals surface area contributed by atoms with Crippen molar-refractivity contribution in [1.82, 2.24) is 19.9 Å². The third kappa shape index (κ3) is 5.46. The topological polar surface area (TPSA) is 160 Å². The standard InChI is InChI=1S/C35H38F4N6O6.FH/c1-16-11-34(33(2-3-33)4-5-44(34)13-16)15-50-32-42-29-21(31(43-32)45-6-7-49-14-17-8-22(17)45)12-41-28(27(29)39)20-10-18(40)9-19-23(20)30(51-35(46,47)48)26(38)25(37)24(19)36;/h10,12,17-18,22,26,30,46-48H,1-9,11,13-15,40H2;1H/t17?,18?,22?,26?,30?,34-;/m0./s1. The zero-order valence-electron chi connectivity index (χ0n) is 28.0. The van der Waals surface area contributed by atoms with Gasteiger partial charge in [-0.1, -0.05) is 18.2 Å². The molecule has 6 atom stereocenters. The van der Waals surface area contributed by atoms with Crippen molar-refractivity contribution in [1.29, 1.82) is 0 Å². The quantitative estimate of drug-likeness (QED) is 0.188. The molecule has 3 aliphatic heterocycles. The number of aromatic nitrogens is 3. The number of ether oxygens (including phenoxy) is 3. The van der Waals surface area contributed by atoms with Gasteiger partial charge in [0.2, 0.25) is 0 Å². The third-order valence-corrected chi connectivity index (χ3v) is 12.0. The number of rotatable bonds is 7.